The number of rotatable bonds is 6. The van der Waals surface area contributed by atoms with Crippen molar-refractivity contribution in [1.29, 1.82) is 0 Å². The Labute approximate surface area is 163 Å². The van der Waals surface area contributed by atoms with Crippen LogP contribution in [-0.4, -0.2) is 28.9 Å². The first kappa shape index (κ1) is 18.6. The monoisotopic (exact) mass is 383 g/mol. The van der Waals surface area contributed by atoms with Crippen LogP contribution in [-0.2, 0) is 11.2 Å². The molecule has 2 aromatic rings. The van der Waals surface area contributed by atoms with E-state index in [0.717, 1.165) is 24.0 Å². The van der Waals surface area contributed by atoms with Gasteiger partial charge >= 0.3 is 5.97 Å². The summed E-state index contributed by atoms with van der Waals surface area (Å²) in [5, 5.41) is 10.4. The van der Waals surface area contributed by atoms with Gasteiger partial charge in [-0.3, -0.25) is 4.79 Å². The summed E-state index contributed by atoms with van der Waals surface area (Å²) in [5.74, 6) is 0.566. The standard InChI is InChI=1S/C22H25NO5/c1-3-15-7-14-8-21(28-12-13-5-6-13)20(25)9-16(14)18-10-19(24)17(11-23(15)18)22(26)27-4-2/h8-11,13,15,25H,3-7,12H2,1-2H3. The molecule has 0 amide bonds. The number of carbonyl (C=O) groups is 1. The van der Waals surface area contributed by atoms with Crippen molar-refractivity contribution in [2.45, 2.75) is 45.6 Å². The van der Waals surface area contributed by atoms with Crippen molar-refractivity contribution in [1.82, 2.24) is 4.57 Å². The number of aromatic nitrogens is 1. The molecule has 0 saturated heterocycles. The second-order valence-corrected chi connectivity index (χ2v) is 7.56. The van der Waals surface area contributed by atoms with Gasteiger partial charge < -0.3 is 19.1 Å². The molecule has 0 bridgehead atoms. The molecular weight excluding hydrogens is 358 g/mol. The summed E-state index contributed by atoms with van der Waals surface area (Å²) in [4.78, 5) is 24.7. The zero-order valence-corrected chi connectivity index (χ0v) is 16.2. The molecule has 2 aliphatic rings. The fraction of sp³-hybridized carbons (Fsp3) is 0.455. The van der Waals surface area contributed by atoms with Crippen LogP contribution in [0.2, 0.25) is 0 Å². The van der Waals surface area contributed by atoms with E-state index in [4.69, 9.17) is 9.47 Å². The average Bonchev–Trinajstić information content (AvgIpc) is 3.50. The van der Waals surface area contributed by atoms with E-state index < -0.39 is 5.97 Å². The van der Waals surface area contributed by atoms with Gasteiger partial charge in [0.2, 0.25) is 0 Å². The average molecular weight is 383 g/mol. The van der Waals surface area contributed by atoms with Crippen LogP contribution >= 0.6 is 0 Å². The smallest absolute Gasteiger partial charge is 0.343 e. The third-order valence-corrected chi connectivity index (χ3v) is 5.53. The molecule has 4 rings (SSSR count). The van der Waals surface area contributed by atoms with Crippen molar-refractivity contribution >= 4 is 5.97 Å². The molecule has 6 heteroatoms. The van der Waals surface area contributed by atoms with Crippen LogP contribution in [0.15, 0.2) is 29.2 Å². The van der Waals surface area contributed by atoms with E-state index in [9.17, 15) is 14.7 Å². The summed E-state index contributed by atoms with van der Waals surface area (Å²) in [5.41, 5.74) is 2.21. The first-order chi connectivity index (χ1) is 13.5. The van der Waals surface area contributed by atoms with E-state index in [0.29, 0.717) is 24.0 Å². The fourth-order valence-electron chi connectivity index (χ4n) is 3.75. The van der Waals surface area contributed by atoms with Crippen molar-refractivity contribution in [3.05, 3.63) is 45.7 Å². The van der Waals surface area contributed by atoms with Crippen LogP contribution in [0.4, 0.5) is 0 Å². The van der Waals surface area contributed by atoms with Crippen LogP contribution in [0.25, 0.3) is 11.3 Å². The minimum absolute atomic E-state index is 0.0427. The minimum Gasteiger partial charge on any atom is -0.504 e. The van der Waals surface area contributed by atoms with Crippen molar-refractivity contribution < 1.29 is 19.4 Å². The Morgan fingerprint density at radius 2 is 2.04 bits per heavy atom. The van der Waals surface area contributed by atoms with Gasteiger partial charge in [0.05, 0.1) is 18.9 Å². The number of hydrogen-bond acceptors (Lipinski definition) is 5. The number of carbonyl (C=O) groups excluding carboxylic acids is 1. The van der Waals surface area contributed by atoms with Crippen LogP contribution in [0, 0.1) is 5.92 Å². The maximum atomic E-state index is 12.5. The topological polar surface area (TPSA) is 77.8 Å². The van der Waals surface area contributed by atoms with Gasteiger partial charge in [-0.25, -0.2) is 4.79 Å². The number of ether oxygens (including phenoxy) is 2. The molecule has 1 atom stereocenters. The maximum Gasteiger partial charge on any atom is 0.343 e. The Morgan fingerprint density at radius 1 is 1.25 bits per heavy atom. The van der Waals surface area contributed by atoms with Gasteiger partial charge in [0.15, 0.2) is 16.9 Å². The van der Waals surface area contributed by atoms with E-state index >= 15 is 0 Å². The van der Waals surface area contributed by atoms with Gasteiger partial charge in [0, 0.05) is 23.9 Å². The highest BCUT2D eigenvalue weighted by Crippen LogP contribution is 2.42. The first-order valence-corrected chi connectivity index (χ1v) is 9.94. The fourth-order valence-corrected chi connectivity index (χ4v) is 3.75. The normalized spacial score (nSPS) is 17.6. The van der Waals surface area contributed by atoms with Gasteiger partial charge in [-0.1, -0.05) is 6.92 Å². The molecule has 6 nitrogen and oxygen atoms in total. The minimum atomic E-state index is -0.602. The number of hydrogen-bond donors (Lipinski definition) is 1. The Bertz CT molecular complexity index is 974. The molecule has 1 aromatic carbocycles. The Kier molecular flexibility index (Phi) is 4.87. The molecule has 1 fully saturated rings. The maximum absolute atomic E-state index is 12.5. The molecule has 1 N–H and O–H groups in total. The molecule has 1 aliphatic carbocycles. The van der Waals surface area contributed by atoms with Gasteiger partial charge in [-0.05, 0) is 56.2 Å². The summed E-state index contributed by atoms with van der Waals surface area (Å²) < 4.78 is 12.8. The molecule has 0 spiro atoms. The highest BCUT2D eigenvalue weighted by Gasteiger charge is 2.28. The van der Waals surface area contributed by atoms with Crippen LogP contribution < -0.4 is 10.2 Å². The molecule has 1 saturated carbocycles. The Balaban J connectivity index is 1.77. The molecular formula is C22H25NO5. The quantitative estimate of drug-likeness (QED) is 0.770. The van der Waals surface area contributed by atoms with Gasteiger partial charge in [-0.15, -0.1) is 0 Å². The molecule has 1 aromatic heterocycles. The summed E-state index contributed by atoms with van der Waals surface area (Å²) in [6.07, 6.45) is 5.55. The number of esters is 1. The van der Waals surface area contributed by atoms with Crippen molar-refractivity contribution in [3.63, 3.8) is 0 Å². The third kappa shape index (κ3) is 3.39. The highest BCUT2D eigenvalue weighted by atomic mass is 16.5. The van der Waals surface area contributed by atoms with Gasteiger partial charge in [-0.2, -0.15) is 0 Å². The summed E-state index contributed by atoms with van der Waals surface area (Å²) in [6.45, 7) is 4.64. The lowest BCUT2D eigenvalue weighted by molar-refractivity contribution is 0.0523. The zero-order valence-electron chi connectivity index (χ0n) is 16.2. The van der Waals surface area contributed by atoms with Crippen LogP contribution in [0.1, 0.15) is 55.1 Å². The van der Waals surface area contributed by atoms with E-state index in [1.807, 2.05) is 10.6 Å². The SMILES string of the molecule is CCOC(=O)c1cn2c(cc1=O)-c1cc(O)c(OCC3CC3)cc1CC2CC. The lowest BCUT2D eigenvalue weighted by atomic mass is 9.90. The lowest BCUT2D eigenvalue weighted by Gasteiger charge is -2.30. The lowest BCUT2D eigenvalue weighted by Crippen LogP contribution is -2.26. The molecule has 2 heterocycles. The van der Waals surface area contributed by atoms with Crippen LogP contribution in [0.3, 0.4) is 0 Å². The largest absolute Gasteiger partial charge is 0.504 e. The number of phenolic OH excluding ortho intramolecular Hbond substituents is 1. The summed E-state index contributed by atoms with van der Waals surface area (Å²) in [7, 11) is 0. The second kappa shape index (κ2) is 7.34. The Morgan fingerprint density at radius 3 is 2.71 bits per heavy atom. The van der Waals surface area contributed by atoms with E-state index in [2.05, 4.69) is 6.92 Å². The zero-order chi connectivity index (χ0) is 19.8. The highest BCUT2D eigenvalue weighted by molar-refractivity contribution is 5.89. The van der Waals surface area contributed by atoms with E-state index in [1.54, 1.807) is 19.2 Å². The molecule has 28 heavy (non-hydrogen) atoms. The van der Waals surface area contributed by atoms with Crippen molar-refractivity contribution in [3.8, 4) is 22.8 Å². The summed E-state index contributed by atoms with van der Waals surface area (Å²) >= 11 is 0. The second-order valence-electron chi connectivity index (χ2n) is 7.56. The van der Waals surface area contributed by atoms with E-state index in [1.165, 1.54) is 18.9 Å². The number of phenols is 1. The number of fused-ring (bicyclic) bond motifs is 3. The molecule has 0 radical (unpaired) electrons. The molecule has 1 aliphatic heterocycles. The first-order valence-electron chi connectivity index (χ1n) is 9.94. The number of pyridine rings is 1. The predicted molar refractivity (Wildman–Crippen MR) is 105 cm³/mol. The van der Waals surface area contributed by atoms with Gasteiger partial charge in [0.1, 0.15) is 5.56 Å². The van der Waals surface area contributed by atoms with Crippen molar-refractivity contribution in [2.24, 2.45) is 5.92 Å². The van der Waals surface area contributed by atoms with Crippen LogP contribution in [0.5, 0.6) is 11.5 Å². The summed E-state index contributed by atoms with van der Waals surface area (Å²) in [6, 6.07) is 5.13. The molecule has 148 valence electrons. The van der Waals surface area contributed by atoms with Crippen molar-refractivity contribution in [2.75, 3.05) is 13.2 Å². The Hall–Kier alpha value is -2.76. The number of benzene rings is 1. The van der Waals surface area contributed by atoms with Gasteiger partial charge in [0.25, 0.3) is 0 Å². The predicted octanol–water partition coefficient (Wildman–Crippen LogP) is 3.69. The number of nitrogens with zero attached hydrogens (tertiary/aromatic N) is 1. The number of aromatic hydroxyl groups is 1. The third-order valence-electron chi connectivity index (χ3n) is 5.53. The van der Waals surface area contributed by atoms with E-state index in [-0.39, 0.29) is 29.4 Å². The molecule has 1 unspecified atom stereocenters.